The zero-order valence-corrected chi connectivity index (χ0v) is 15.8. The molecule has 0 amide bonds. The summed E-state index contributed by atoms with van der Waals surface area (Å²) in [7, 11) is -3.36. The molecule has 0 atom stereocenters. The Morgan fingerprint density at radius 2 is 1.81 bits per heavy atom. The largest absolute Gasteiger partial charge is 0.326 e. The lowest BCUT2D eigenvalue weighted by atomic mass is 10.1. The number of hydrogen-bond acceptors (Lipinski definition) is 4. The highest BCUT2D eigenvalue weighted by molar-refractivity contribution is 7.90. The molecular formula is C18H16ClF2N3O2S. The number of aromatic nitrogens is 2. The van der Waals surface area contributed by atoms with Gasteiger partial charge in [-0.3, -0.25) is 0 Å². The summed E-state index contributed by atoms with van der Waals surface area (Å²) < 4.78 is 51.1. The van der Waals surface area contributed by atoms with Crippen molar-refractivity contribution in [1.29, 1.82) is 0 Å². The van der Waals surface area contributed by atoms with Crippen LogP contribution in [0.1, 0.15) is 17.7 Å². The highest BCUT2D eigenvalue weighted by Crippen LogP contribution is 2.30. The van der Waals surface area contributed by atoms with Gasteiger partial charge in [-0.1, -0.05) is 23.7 Å². The number of nitrogens with two attached hydrogens (primary N) is 1. The minimum Gasteiger partial charge on any atom is -0.326 e. The molecule has 0 saturated heterocycles. The van der Waals surface area contributed by atoms with Crippen molar-refractivity contribution in [3.63, 3.8) is 0 Å². The number of hydrogen-bond donors (Lipinski definition) is 1. The van der Waals surface area contributed by atoms with Crippen LogP contribution < -0.4 is 5.73 Å². The molecule has 1 heterocycles. The number of benzene rings is 2. The van der Waals surface area contributed by atoms with Gasteiger partial charge in [0.1, 0.15) is 5.69 Å². The molecule has 5 nitrogen and oxygen atoms in total. The predicted octanol–water partition coefficient (Wildman–Crippen LogP) is 3.99. The smallest absolute Gasteiger partial charge is 0.282 e. The molecule has 0 aliphatic rings. The zero-order chi connectivity index (χ0) is 19.8. The molecule has 0 fully saturated rings. The first-order valence-corrected chi connectivity index (χ1v) is 10.1. The van der Waals surface area contributed by atoms with E-state index in [2.05, 4.69) is 5.10 Å². The first-order valence-electron chi connectivity index (χ1n) is 7.88. The van der Waals surface area contributed by atoms with Crippen LogP contribution in [-0.4, -0.2) is 24.5 Å². The number of nitrogens with zero attached hydrogens (tertiary/aromatic N) is 2. The Kier molecular flexibility index (Phi) is 5.32. The van der Waals surface area contributed by atoms with Crippen molar-refractivity contribution in [3.8, 4) is 16.9 Å². The quantitative estimate of drug-likeness (QED) is 0.688. The van der Waals surface area contributed by atoms with Crippen molar-refractivity contribution in [3.05, 3.63) is 64.8 Å². The van der Waals surface area contributed by atoms with Gasteiger partial charge in [-0.05, 0) is 42.0 Å². The maximum absolute atomic E-state index is 13.2. The molecule has 27 heavy (non-hydrogen) atoms. The Balaban J connectivity index is 2.16. The van der Waals surface area contributed by atoms with Crippen molar-refractivity contribution >= 4 is 21.4 Å². The molecular weight excluding hydrogens is 396 g/mol. The van der Waals surface area contributed by atoms with Crippen molar-refractivity contribution in [2.24, 2.45) is 5.73 Å². The lowest BCUT2D eigenvalue weighted by Gasteiger charge is -2.10. The second-order valence-electron chi connectivity index (χ2n) is 5.94. The van der Waals surface area contributed by atoms with Crippen LogP contribution in [-0.2, 0) is 16.4 Å². The number of halogens is 3. The molecule has 0 unspecified atom stereocenters. The van der Waals surface area contributed by atoms with Gasteiger partial charge in [-0.2, -0.15) is 5.10 Å². The Morgan fingerprint density at radius 3 is 2.37 bits per heavy atom. The third-order valence-corrected chi connectivity index (χ3v) is 5.52. The Morgan fingerprint density at radius 1 is 1.15 bits per heavy atom. The highest BCUT2D eigenvalue weighted by atomic mass is 35.5. The van der Waals surface area contributed by atoms with E-state index >= 15 is 0 Å². The van der Waals surface area contributed by atoms with Gasteiger partial charge in [-0.15, -0.1) is 0 Å². The Bertz CT molecular complexity index is 1080. The van der Waals surface area contributed by atoms with Crippen LogP contribution in [0.4, 0.5) is 8.78 Å². The molecule has 0 radical (unpaired) electrons. The van der Waals surface area contributed by atoms with Gasteiger partial charge in [0.05, 0.1) is 16.3 Å². The van der Waals surface area contributed by atoms with Gasteiger partial charge < -0.3 is 5.73 Å². The predicted molar refractivity (Wildman–Crippen MR) is 100.0 cm³/mol. The molecule has 1 aromatic heterocycles. The lowest BCUT2D eigenvalue weighted by molar-refractivity contribution is 0.145. The summed E-state index contributed by atoms with van der Waals surface area (Å²) in [6, 6.07) is 12.2. The van der Waals surface area contributed by atoms with E-state index in [0.29, 0.717) is 27.5 Å². The van der Waals surface area contributed by atoms with E-state index in [-0.39, 0.29) is 17.1 Å². The summed E-state index contributed by atoms with van der Waals surface area (Å²) in [4.78, 5) is 0.142. The average molecular weight is 412 g/mol. The van der Waals surface area contributed by atoms with Gasteiger partial charge in [0.2, 0.25) is 0 Å². The standard InChI is InChI=1S/C18H16ClF2N3O2S/c1-27(25,26)14-5-2-11(3-6-14)17-9-16(18(20)21)23-24(17)13-4-7-15(19)12(8-13)10-22/h2-9,18H,10,22H2,1H3. The van der Waals surface area contributed by atoms with Crippen LogP contribution >= 0.6 is 11.6 Å². The lowest BCUT2D eigenvalue weighted by Crippen LogP contribution is -2.04. The first-order chi connectivity index (χ1) is 12.7. The van der Waals surface area contributed by atoms with Crippen LogP contribution in [0.25, 0.3) is 16.9 Å². The van der Waals surface area contributed by atoms with Gasteiger partial charge in [0.25, 0.3) is 6.43 Å². The SMILES string of the molecule is CS(=O)(=O)c1ccc(-c2cc(C(F)F)nn2-c2ccc(Cl)c(CN)c2)cc1. The topological polar surface area (TPSA) is 78.0 Å². The zero-order valence-electron chi connectivity index (χ0n) is 14.2. The van der Waals surface area contributed by atoms with E-state index < -0.39 is 16.3 Å². The van der Waals surface area contributed by atoms with Gasteiger partial charge in [0.15, 0.2) is 9.84 Å². The van der Waals surface area contributed by atoms with E-state index in [9.17, 15) is 17.2 Å². The van der Waals surface area contributed by atoms with Crippen LogP contribution in [0.2, 0.25) is 5.02 Å². The molecule has 0 saturated carbocycles. The third kappa shape index (κ3) is 4.02. The normalized spacial score (nSPS) is 11.9. The summed E-state index contributed by atoms with van der Waals surface area (Å²) in [5.74, 6) is 0. The molecule has 9 heteroatoms. The molecule has 3 rings (SSSR count). The molecule has 3 aromatic rings. The highest BCUT2D eigenvalue weighted by Gasteiger charge is 2.19. The van der Waals surface area contributed by atoms with Crippen molar-refractivity contribution in [2.75, 3.05) is 6.26 Å². The van der Waals surface area contributed by atoms with Crippen LogP contribution in [0.5, 0.6) is 0 Å². The van der Waals surface area contributed by atoms with Crippen LogP contribution in [0.15, 0.2) is 53.4 Å². The fraction of sp³-hybridized carbons (Fsp3) is 0.167. The van der Waals surface area contributed by atoms with Gasteiger partial charge in [-0.25, -0.2) is 21.9 Å². The maximum Gasteiger partial charge on any atom is 0.282 e. The van der Waals surface area contributed by atoms with Gasteiger partial charge in [0, 0.05) is 23.4 Å². The molecule has 0 aliphatic carbocycles. The van der Waals surface area contributed by atoms with Crippen LogP contribution in [0.3, 0.4) is 0 Å². The fourth-order valence-corrected chi connectivity index (χ4v) is 3.46. The van der Waals surface area contributed by atoms with Crippen molar-refractivity contribution in [2.45, 2.75) is 17.9 Å². The Labute approximate surface area is 160 Å². The van der Waals surface area contributed by atoms with Gasteiger partial charge >= 0.3 is 0 Å². The second kappa shape index (κ2) is 7.38. The third-order valence-electron chi connectivity index (χ3n) is 4.02. The molecule has 0 bridgehead atoms. The molecule has 2 N–H and O–H groups in total. The summed E-state index contributed by atoms with van der Waals surface area (Å²) in [6.07, 6.45) is -1.65. The van der Waals surface area contributed by atoms with E-state index in [0.717, 1.165) is 6.26 Å². The molecule has 0 aliphatic heterocycles. The Hall–Kier alpha value is -2.29. The first kappa shape index (κ1) is 19.5. The summed E-state index contributed by atoms with van der Waals surface area (Å²) in [6.45, 7) is 0.189. The minimum atomic E-state index is -3.36. The van der Waals surface area contributed by atoms with Crippen molar-refractivity contribution < 1.29 is 17.2 Å². The summed E-state index contributed by atoms with van der Waals surface area (Å²) >= 11 is 6.07. The summed E-state index contributed by atoms with van der Waals surface area (Å²) in [5, 5.41) is 4.47. The van der Waals surface area contributed by atoms with Crippen LogP contribution in [0, 0.1) is 0 Å². The number of alkyl halides is 2. The second-order valence-corrected chi connectivity index (χ2v) is 8.37. The van der Waals surface area contributed by atoms with E-state index in [4.69, 9.17) is 17.3 Å². The fourth-order valence-electron chi connectivity index (χ4n) is 2.63. The van der Waals surface area contributed by atoms with E-state index in [1.54, 1.807) is 30.3 Å². The van der Waals surface area contributed by atoms with E-state index in [1.807, 2.05) is 0 Å². The molecule has 2 aromatic carbocycles. The summed E-state index contributed by atoms with van der Waals surface area (Å²) in [5.41, 5.74) is 7.40. The molecule has 142 valence electrons. The maximum atomic E-state index is 13.2. The molecule has 0 spiro atoms. The minimum absolute atomic E-state index is 0.142. The van der Waals surface area contributed by atoms with Crippen molar-refractivity contribution in [1.82, 2.24) is 9.78 Å². The van der Waals surface area contributed by atoms with E-state index in [1.165, 1.54) is 22.9 Å². The number of rotatable bonds is 5. The number of sulfone groups is 1. The monoisotopic (exact) mass is 411 g/mol. The average Bonchev–Trinajstić information content (AvgIpc) is 3.07.